The van der Waals surface area contributed by atoms with E-state index in [9.17, 15) is 0 Å². The number of hydrogen-bond donors (Lipinski definition) is 1. The number of fused-ring (bicyclic) bond motifs is 1. The SMILES string of the molecule is CN(O)Cc1cc2c(s1)CCC2. The van der Waals surface area contributed by atoms with Crippen LogP contribution in [0.25, 0.3) is 0 Å². The maximum Gasteiger partial charge on any atom is 0.0579 e. The fourth-order valence-corrected chi connectivity index (χ4v) is 3.00. The van der Waals surface area contributed by atoms with Gasteiger partial charge in [0.2, 0.25) is 0 Å². The van der Waals surface area contributed by atoms with Gasteiger partial charge in [-0.25, -0.2) is 0 Å². The molecule has 2 rings (SSSR count). The van der Waals surface area contributed by atoms with Gasteiger partial charge >= 0.3 is 0 Å². The minimum atomic E-state index is 0.664. The summed E-state index contributed by atoms with van der Waals surface area (Å²) in [7, 11) is 1.69. The number of rotatable bonds is 2. The first-order chi connectivity index (χ1) is 5.75. The molecule has 0 aromatic carbocycles. The fourth-order valence-electron chi connectivity index (χ4n) is 1.69. The van der Waals surface area contributed by atoms with Gasteiger partial charge in [0.1, 0.15) is 0 Å². The first kappa shape index (κ1) is 8.23. The summed E-state index contributed by atoms with van der Waals surface area (Å²) in [5.41, 5.74) is 1.51. The van der Waals surface area contributed by atoms with E-state index in [-0.39, 0.29) is 0 Å². The molecule has 0 saturated heterocycles. The molecule has 0 amide bonds. The summed E-state index contributed by atoms with van der Waals surface area (Å²) in [6.07, 6.45) is 3.80. The molecular weight excluding hydrogens is 170 g/mol. The second-order valence-electron chi connectivity index (χ2n) is 3.33. The average molecular weight is 183 g/mol. The fraction of sp³-hybridized carbons (Fsp3) is 0.556. The molecule has 1 heterocycles. The van der Waals surface area contributed by atoms with Crippen LogP contribution in [0.5, 0.6) is 0 Å². The Morgan fingerprint density at radius 1 is 1.58 bits per heavy atom. The van der Waals surface area contributed by atoms with Gasteiger partial charge in [-0.1, -0.05) is 0 Å². The molecule has 12 heavy (non-hydrogen) atoms. The molecule has 1 aliphatic rings. The number of nitrogens with zero attached hydrogens (tertiary/aromatic N) is 1. The van der Waals surface area contributed by atoms with Crippen LogP contribution in [0.4, 0.5) is 0 Å². The van der Waals surface area contributed by atoms with Gasteiger partial charge in [-0.05, 0) is 30.9 Å². The molecule has 0 atom stereocenters. The van der Waals surface area contributed by atoms with E-state index in [1.165, 1.54) is 39.6 Å². The Labute approximate surface area is 76.4 Å². The van der Waals surface area contributed by atoms with Crippen molar-refractivity contribution in [2.75, 3.05) is 7.05 Å². The number of hydrogen-bond acceptors (Lipinski definition) is 3. The van der Waals surface area contributed by atoms with Gasteiger partial charge in [-0.15, -0.1) is 11.3 Å². The molecule has 1 aromatic heterocycles. The Kier molecular flexibility index (Phi) is 2.17. The third-order valence-electron chi connectivity index (χ3n) is 2.18. The van der Waals surface area contributed by atoms with Gasteiger partial charge in [0.05, 0.1) is 6.54 Å². The van der Waals surface area contributed by atoms with Gasteiger partial charge in [0, 0.05) is 16.8 Å². The molecule has 0 spiro atoms. The molecule has 3 heteroatoms. The van der Waals surface area contributed by atoms with E-state index in [0.29, 0.717) is 6.54 Å². The smallest absolute Gasteiger partial charge is 0.0579 e. The second kappa shape index (κ2) is 3.17. The summed E-state index contributed by atoms with van der Waals surface area (Å²) in [6.45, 7) is 0.664. The molecule has 0 radical (unpaired) electrons. The Bertz CT molecular complexity index is 259. The first-order valence-corrected chi connectivity index (χ1v) is 5.08. The van der Waals surface area contributed by atoms with E-state index in [4.69, 9.17) is 5.21 Å². The number of hydroxylamine groups is 2. The summed E-state index contributed by atoms with van der Waals surface area (Å²) < 4.78 is 0. The molecule has 0 bridgehead atoms. The maximum absolute atomic E-state index is 9.04. The molecule has 0 saturated carbocycles. The highest BCUT2D eigenvalue weighted by Gasteiger charge is 2.14. The second-order valence-corrected chi connectivity index (χ2v) is 4.55. The van der Waals surface area contributed by atoms with Crippen molar-refractivity contribution >= 4 is 11.3 Å². The van der Waals surface area contributed by atoms with Gasteiger partial charge < -0.3 is 5.21 Å². The van der Waals surface area contributed by atoms with Crippen molar-refractivity contribution in [2.24, 2.45) is 0 Å². The molecule has 1 aliphatic carbocycles. The molecule has 0 unspecified atom stereocenters. The zero-order valence-corrected chi connectivity index (χ0v) is 8.02. The van der Waals surface area contributed by atoms with Gasteiger partial charge in [-0.2, -0.15) is 5.06 Å². The largest absolute Gasteiger partial charge is 0.314 e. The Morgan fingerprint density at radius 3 is 3.08 bits per heavy atom. The normalized spacial score (nSPS) is 15.6. The highest BCUT2D eigenvalue weighted by atomic mass is 32.1. The molecule has 1 aromatic rings. The van der Waals surface area contributed by atoms with E-state index >= 15 is 0 Å². The van der Waals surface area contributed by atoms with Crippen LogP contribution in [0, 0.1) is 0 Å². The van der Waals surface area contributed by atoms with Gasteiger partial charge in [0.15, 0.2) is 0 Å². The van der Waals surface area contributed by atoms with E-state index in [1.54, 1.807) is 7.05 Å². The number of aryl methyl sites for hydroxylation is 2. The van der Waals surface area contributed by atoms with Crippen molar-refractivity contribution in [1.29, 1.82) is 0 Å². The third-order valence-corrected chi connectivity index (χ3v) is 3.40. The average Bonchev–Trinajstić information content (AvgIpc) is 2.43. The summed E-state index contributed by atoms with van der Waals surface area (Å²) in [5.74, 6) is 0. The van der Waals surface area contributed by atoms with Crippen LogP contribution in [-0.2, 0) is 19.4 Å². The van der Waals surface area contributed by atoms with Gasteiger partial charge in [-0.3, -0.25) is 0 Å². The number of thiophene rings is 1. The standard InChI is InChI=1S/C9H13NOS/c1-10(11)6-8-5-7-3-2-4-9(7)12-8/h5,11H,2-4,6H2,1H3. The maximum atomic E-state index is 9.04. The lowest BCUT2D eigenvalue weighted by atomic mass is 10.2. The van der Waals surface area contributed by atoms with Crippen LogP contribution < -0.4 is 0 Å². The quantitative estimate of drug-likeness (QED) is 0.709. The van der Waals surface area contributed by atoms with E-state index in [1.807, 2.05) is 11.3 Å². The minimum absolute atomic E-state index is 0.664. The predicted octanol–water partition coefficient (Wildman–Crippen LogP) is 2.06. The lowest BCUT2D eigenvalue weighted by molar-refractivity contribution is -0.0723. The van der Waals surface area contributed by atoms with Crippen LogP contribution in [0.15, 0.2) is 6.07 Å². The Morgan fingerprint density at radius 2 is 2.42 bits per heavy atom. The van der Waals surface area contributed by atoms with Crippen molar-refractivity contribution in [3.63, 3.8) is 0 Å². The summed E-state index contributed by atoms with van der Waals surface area (Å²) in [4.78, 5) is 2.82. The topological polar surface area (TPSA) is 23.5 Å². The van der Waals surface area contributed by atoms with Crippen LogP contribution in [0.1, 0.15) is 21.7 Å². The molecule has 0 aliphatic heterocycles. The van der Waals surface area contributed by atoms with Crippen molar-refractivity contribution < 1.29 is 5.21 Å². The highest BCUT2D eigenvalue weighted by molar-refractivity contribution is 7.12. The molecule has 2 nitrogen and oxygen atoms in total. The van der Waals surface area contributed by atoms with E-state index in [0.717, 1.165) is 0 Å². The van der Waals surface area contributed by atoms with E-state index < -0.39 is 0 Å². The summed E-state index contributed by atoms with van der Waals surface area (Å²) in [6, 6.07) is 2.24. The van der Waals surface area contributed by atoms with Gasteiger partial charge in [0.25, 0.3) is 0 Å². The zero-order chi connectivity index (χ0) is 8.55. The molecule has 66 valence electrons. The zero-order valence-electron chi connectivity index (χ0n) is 7.21. The van der Waals surface area contributed by atoms with Crippen molar-refractivity contribution in [1.82, 2.24) is 5.06 Å². The summed E-state index contributed by atoms with van der Waals surface area (Å²) in [5, 5.41) is 10.3. The highest BCUT2D eigenvalue weighted by Crippen LogP contribution is 2.30. The Balaban J connectivity index is 2.15. The molecular formula is C9H13NOS. The lowest BCUT2D eigenvalue weighted by Gasteiger charge is -2.04. The minimum Gasteiger partial charge on any atom is -0.314 e. The van der Waals surface area contributed by atoms with Crippen molar-refractivity contribution in [3.05, 3.63) is 21.4 Å². The first-order valence-electron chi connectivity index (χ1n) is 4.26. The van der Waals surface area contributed by atoms with Crippen LogP contribution in [0.2, 0.25) is 0 Å². The molecule has 0 fully saturated rings. The van der Waals surface area contributed by atoms with Crippen molar-refractivity contribution in [2.45, 2.75) is 25.8 Å². The predicted molar refractivity (Wildman–Crippen MR) is 49.6 cm³/mol. The monoisotopic (exact) mass is 183 g/mol. The Hall–Kier alpha value is -0.380. The molecule has 1 N–H and O–H groups in total. The lowest BCUT2D eigenvalue weighted by Crippen LogP contribution is -2.10. The third kappa shape index (κ3) is 1.53. The van der Waals surface area contributed by atoms with Crippen LogP contribution >= 0.6 is 11.3 Å². The van der Waals surface area contributed by atoms with Crippen LogP contribution in [0.3, 0.4) is 0 Å². The van der Waals surface area contributed by atoms with Crippen molar-refractivity contribution in [3.8, 4) is 0 Å². The van der Waals surface area contributed by atoms with E-state index in [2.05, 4.69) is 6.07 Å². The summed E-state index contributed by atoms with van der Waals surface area (Å²) >= 11 is 1.85. The van der Waals surface area contributed by atoms with Crippen LogP contribution in [-0.4, -0.2) is 17.3 Å².